The number of likely N-dealkylation sites (tertiary alicyclic amines) is 1. The first-order valence-electron chi connectivity index (χ1n) is 8.84. The molecule has 0 spiro atoms. The molecule has 0 radical (unpaired) electrons. The summed E-state index contributed by atoms with van der Waals surface area (Å²) in [5.74, 6) is 0.459. The number of para-hydroxylation sites is 1. The molecular weight excluding hydrogens is 394 g/mol. The van der Waals surface area contributed by atoms with E-state index in [0.29, 0.717) is 24.4 Å². The predicted molar refractivity (Wildman–Crippen MR) is 104 cm³/mol. The molecule has 26 heavy (non-hydrogen) atoms. The highest BCUT2D eigenvalue weighted by atomic mass is 79.9. The van der Waals surface area contributed by atoms with Gasteiger partial charge in [0.15, 0.2) is 5.76 Å². The number of benzene rings is 2. The Hall–Kier alpha value is -2.11. The van der Waals surface area contributed by atoms with Crippen LogP contribution >= 0.6 is 15.9 Å². The number of furan rings is 1. The van der Waals surface area contributed by atoms with E-state index in [1.54, 1.807) is 6.07 Å². The van der Waals surface area contributed by atoms with Crippen LogP contribution in [0.2, 0.25) is 0 Å². The SMILES string of the molecule is O=C(c1cc2cccc(Br)c2o1)N1CCC(C(O)c2ccccc2)CC1. The highest BCUT2D eigenvalue weighted by molar-refractivity contribution is 9.10. The maximum absolute atomic E-state index is 12.8. The fourth-order valence-corrected chi connectivity index (χ4v) is 4.09. The lowest BCUT2D eigenvalue weighted by Crippen LogP contribution is -2.39. The molecular formula is C21H20BrNO3. The maximum Gasteiger partial charge on any atom is 0.289 e. The number of aliphatic hydroxyl groups is 1. The van der Waals surface area contributed by atoms with Crippen LogP contribution in [-0.4, -0.2) is 29.0 Å². The molecule has 1 N–H and O–H groups in total. The summed E-state index contributed by atoms with van der Waals surface area (Å²) in [6, 6.07) is 17.3. The van der Waals surface area contributed by atoms with Gasteiger partial charge in [-0.2, -0.15) is 0 Å². The first-order chi connectivity index (χ1) is 12.6. The van der Waals surface area contributed by atoms with Gasteiger partial charge in [0.05, 0.1) is 10.6 Å². The average molecular weight is 414 g/mol. The van der Waals surface area contributed by atoms with Crippen molar-refractivity contribution in [2.45, 2.75) is 18.9 Å². The monoisotopic (exact) mass is 413 g/mol. The predicted octanol–water partition coefficient (Wildman–Crippen LogP) is 4.78. The van der Waals surface area contributed by atoms with Crippen LogP contribution in [0.25, 0.3) is 11.0 Å². The van der Waals surface area contributed by atoms with Gasteiger partial charge in [0.2, 0.25) is 0 Å². The summed E-state index contributed by atoms with van der Waals surface area (Å²) < 4.78 is 6.62. The summed E-state index contributed by atoms with van der Waals surface area (Å²) >= 11 is 3.45. The fourth-order valence-electron chi connectivity index (χ4n) is 3.63. The van der Waals surface area contributed by atoms with Gasteiger partial charge >= 0.3 is 0 Å². The summed E-state index contributed by atoms with van der Waals surface area (Å²) in [5.41, 5.74) is 1.64. The average Bonchev–Trinajstić information content (AvgIpc) is 3.13. The Morgan fingerprint density at radius 2 is 1.85 bits per heavy atom. The normalized spacial score (nSPS) is 16.8. The first-order valence-corrected chi connectivity index (χ1v) is 9.63. The Labute approximate surface area is 160 Å². The minimum Gasteiger partial charge on any atom is -0.450 e. The van der Waals surface area contributed by atoms with Gasteiger partial charge in [0, 0.05) is 18.5 Å². The Morgan fingerprint density at radius 3 is 2.54 bits per heavy atom. The largest absolute Gasteiger partial charge is 0.450 e. The van der Waals surface area contributed by atoms with Crippen molar-refractivity contribution in [3.05, 3.63) is 70.4 Å². The Morgan fingerprint density at radius 1 is 1.12 bits per heavy atom. The quantitative estimate of drug-likeness (QED) is 0.671. The van der Waals surface area contributed by atoms with Crippen LogP contribution in [-0.2, 0) is 0 Å². The standard InChI is InChI=1S/C21H20BrNO3/c22-17-8-4-7-16-13-18(26-20(16)17)21(25)23-11-9-15(10-12-23)19(24)14-5-2-1-3-6-14/h1-8,13,15,19,24H,9-12H2. The van der Waals surface area contributed by atoms with Crippen LogP contribution in [0.5, 0.6) is 0 Å². The molecule has 1 aliphatic heterocycles. The third-order valence-electron chi connectivity index (χ3n) is 5.12. The van der Waals surface area contributed by atoms with Crippen LogP contribution in [0.15, 0.2) is 63.5 Å². The summed E-state index contributed by atoms with van der Waals surface area (Å²) in [6.45, 7) is 1.26. The van der Waals surface area contributed by atoms with Gasteiger partial charge in [-0.3, -0.25) is 4.79 Å². The maximum atomic E-state index is 12.8. The van der Waals surface area contributed by atoms with E-state index in [1.807, 2.05) is 53.4 Å². The van der Waals surface area contributed by atoms with Crippen LogP contribution in [0.4, 0.5) is 0 Å². The van der Waals surface area contributed by atoms with Gasteiger partial charge < -0.3 is 14.4 Å². The number of hydrogen-bond acceptors (Lipinski definition) is 3. The van der Waals surface area contributed by atoms with Crippen molar-refractivity contribution in [1.29, 1.82) is 0 Å². The van der Waals surface area contributed by atoms with Gasteiger partial charge in [0.1, 0.15) is 5.58 Å². The highest BCUT2D eigenvalue weighted by Gasteiger charge is 2.29. The Bertz CT molecular complexity index is 913. The summed E-state index contributed by atoms with van der Waals surface area (Å²) in [6.07, 6.45) is 1.09. The molecule has 4 nitrogen and oxygen atoms in total. The third kappa shape index (κ3) is 3.29. The number of nitrogens with zero attached hydrogens (tertiary/aromatic N) is 1. The van der Waals surface area contributed by atoms with Crippen molar-refractivity contribution in [3.8, 4) is 0 Å². The van der Waals surface area contributed by atoms with Crippen LogP contribution in [0, 0.1) is 5.92 Å². The second kappa shape index (κ2) is 7.25. The summed E-state index contributed by atoms with van der Waals surface area (Å²) in [7, 11) is 0. The van der Waals surface area contributed by atoms with Crippen LogP contribution in [0.3, 0.4) is 0 Å². The number of carbonyl (C=O) groups is 1. The molecule has 1 unspecified atom stereocenters. The van der Waals surface area contributed by atoms with Crippen molar-refractivity contribution in [2.75, 3.05) is 13.1 Å². The number of fused-ring (bicyclic) bond motifs is 1. The molecule has 1 aromatic heterocycles. The molecule has 1 fully saturated rings. The lowest BCUT2D eigenvalue weighted by molar-refractivity contribution is 0.0444. The smallest absolute Gasteiger partial charge is 0.289 e. The van der Waals surface area contributed by atoms with E-state index in [1.165, 1.54) is 0 Å². The van der Waals surface area contributed by atoms with Crippen molar-refractivity contribution in [1.82, 2.24) is 4.90 Å². The number of piperidine rings is 1. The topological polar surface area (TPSA) is 53.7 Å². The summed E-state index contributed by atoms with van der Waals surface area (Å²) in [4.78, 5) is 14.6. The fraction of sp³-hybridized carbons (Fsp3) is 0.286. The van der Waals surface area contributed by atoms with Gasteiger partial charge in [-0.05, 0) is 52.4 Å². The number of hydrogen-bond donors (Lipinski definition) is 1. The lowest BCUT2D eigenvalue weighted by atomic mass is 9.87. The second-order valence-electron chi connectivity index (χ2n) is 6.75. The molecule has 0 bridgehead atoms. The number of amides is 1. The molecule has 2 heterocycles. The number of halogens is 1. The minimum atomic E-state index is -0.476. The molecule has 3 aromatic rings. The molecule has 134 valence electrons. The number of aliphatic hydroxyl groups excluding tert-OH is 1. The van der Waals surface area contributed by atoms with Crippen LogP contribution in [0.1, 0.15) is 35.1 Å². The molecule has 0 saturated carbocycles. The molecule has 4 rings (SSSR count). The van der Waals surface area contributed by atoms with Gasteiger partial charge in [-0.15, -0.1) is 0 Å². The van der Waals surface area contributed by atoms with E-state index >= 15 is 0 Å². The Balaban J connectivity index is 1.44. The van der Waals surface area contributed by atoms with E-state index in [0.717, 1.165) is 28.3 Å². The number of rotatable bonds is 3. The molecule has 1 saturated heterocycles. The van der Waals surface area contributed by atoms with Crippen LogP contribution < -0.4 is 0 Å². The van der Waals surface area contributed by atoms with Gasteiger partial charge in [0.25, 0.3) is 5.91 Å². The van der Waals surface area contributed by atoms with E-state index in [-0.39, 0.29) is 11.8 Å². The molecule has 1 aliphatic rings. The molecule has 1 amide bonds. The third-order valence-corrected chi connectivity index (χ3v) is 5.75. The van der Waals surface area contributed by atoms with Gasteiger partial charge in [-0.25, -0.2) is 0 Å². The second-order valence-corrected chi connectivity index (χ2v) is 7.61. The van der Waals surface area contributed by atoms with Gasteiger partial charge in [-0.1, -0.05) is 42.5 Å². The zero-order chi connectivity index (χ0) is 18.1. The highest BCUT2D eigenvalue weighted by Crippen LogP contribution is 2.32. The van der Waals surface area contributed by atoms with E-state index in [2.05, 4.69) is 15.9 Å². The van der Waals surface area contributed by atoms with Crippen molar-refractivity contribution in [2.24, 2.45) is 5.92 Å². The zero-order valence-corrected chi connectivity index (χ0v) is 15.9. The lowest BCUT2D eigenvalue weighted by Gasteiger charge is -2.34. The van der Waals surface area contributed by atoms with Crippen molar-refractivity contribution >= 4 is 32.8 Å². The van der Waals surface area contributed by atoms with Crippen molar-refractivity contribution in [3.63, 3.8) is 0 Å². The molecule has 5 heteroatoms. The van der Waals surface area contributed by atoms with E-state index in [9.17, 15) is 9.90 Å². The zero-order valence-electron chi connectivity index (χ0n) is 14.3. The molecule has 1 atom stereocenters. The summed E-state index contributed by atoms with van der Waals surface area (Å²) in [5, 5.41) is 11.5. The Kier molecular flexibility index (Phi) is 4.83. The first kappa shape index (κ1) is 17.3. The minimum absolute atomic E-state index is 0.0826. The molecule has 0 aliphatic carbocycles. The van der Waals surface area contributed by atoms with Crippen molar-refractivity contribution < 1.29 is 14.3 Å². The molecule has 2 aromatic carbocycles. The number of carbonyl (C=O) groups excluding carboxylic acids is 1. The van der Waals surface area contributed by atoms with E-state index < -0.39 is 6.10 Å². The van der Waals surface area contributed by atoms with E-state index in [4.69, 9.17) is 4.42 Å².